The molecule has 5 N–H and O–H groups in total. The second kappa shape index (κ2) is 9.93. The SMILES string of the molecule is CNCC(C)NC(C)(CCC(F)(F)F)CC(F)(F)F.O=P(O)(O)O. The molecule has 0 aromatic heterocycles. The van der Waals surface area contributed by atoms with Crippen LogP contribution in [0.3, 0.4) is 0 Å². The molecule has 6 nitrogen and oxygen atoms in total. The normalized spacial score (nSPS) is 16.8. The second-order valence-corrected chi connectivity index (χ2v) is 6.61. The van der Waals surface area contributed by atoms with E-state index in [9.17, 15) is 26.3 Å². The number of alkyl halides is 6. The molecular formula is C11H23F6N2O4P. The standard InChI is InChI=1S/C11H20F6N2.H3O4P/c1-8(6-18-3)19-9(2,7-11(15,16)17)4-5-10(12,13)14;1-5(2,3)4/h8,18-19H,4-7H2,1-3H3;(H3,1,2,3,4). The average Bonchev–Trinajstić information content (AvgIpc) is 2.20. The molecule has 0 aromatic carbocycles. The summed E-state index contributed by atoms with van der Waals surface area (Å²) < 4.78 is 82.8. The van der Waals surface area contributed by atoms with Crippen LogP contribution in [0.5, 0.6) is 0 Å². The lowest BCUT2D eigenvalue weighted by atomic mass is 9.90. The molecule has 0 fully saturated rings. The third-order valence-electron chi connectivity index (χ3n) is 2.66. The lowest BCUT2D eigenvalue weighted by Gasteiger charge is -2.35. The average molecular weight is 392 g/mol. The Morgan fingerprint density at radius 3 is 1.71 bits per heavy atom. The molecule has 0 spiro atoms. The van der Waals surface area contributed by atoms with Crippen LogP contribution < -0.4 is 10.6 Å². The van der Waals surface area contributed by atoms with Crippen molar-refractivity contribution >= 4 is 7.82 Å². The minimum atomic E-state index is -4.64. The van der Waals surface area contributed by atoms with Gasteiger partial charge in [0, 0.05) is 24.5 Å². The van der Waals surface area contributed by atoms with Crippen LogP contribution in [0.15, 0.2) is 0 Å². The van der Waals surface area contributed by atoms with Crippen LogP contribution in [0.1, 0.15) is 33.1 Å². The number of likely N-dealkylation sites (N-methyl/N-ethyl adjacent to an activating group) is 1. The van der Waals surface area contributed by atoms with Gasteiger partial charge in [0.2, 0.25) is 0 Å². The minimum Gasteiger partial charge on any atom is -0.318 e. The maximum Gasteiger partial charge on any atom is 0.466 e. The Morgan fingerprint density at radius 1 is 1.00 bits per heavy atom. The molecule has 0 bridgehead atoms. The maximum absolute atomic E-state index is 12.5. The van der Waals surface area contributed by atoms with Gasteiger partial charge in [0.05, 0.1) is 6.42 Å². The number of nitrogens with one attached hydrogen (secondary N) is 2. The van der Waals surface area contributed by atoms with Crippen molar-refractivity contribution in [2.45, 2.75) is 57.0 Å². The minimum absolute atomic E-state index is 0.356. The first-order valence-electron chi connectivity index (χ1n) is 6.71. The number of hydrogen-bond acceptors (Lipinski definition) is 3. The van der Waals surface area contributed by atoms with E-state index >= 15 is 0 Å². The van der Waals surface area contributed by atoms with E-state index in [-0.39, 0.29) is 6.04 Å². The van der Waals surface area contributed by atoms with Gasteiger partial charge in [0.25, 0.3) is 0 Å². The predicted molar refractivity (Wildman–Crippen MR) is 75.2 cm³/mol. The van der Waals surface area contributed by atoms with Crippen LogP contribution in [0.4, 0.5) is 26.3 Å². The molecule has 2 atom stereocenters. The fourth-order valence-corrected chi connectivity index (χ4v) is 2.02. The van der Waals surface area contributed by atoms with Crippen molar-refractivity contribution in [1.82, 2.24) is 10.6 Å². The van der Waals surface area contributed by atoms with Gasteiger partial charge in [-0.25, -0.2) is 4.57 Å². The molecule has 148 valence electrons. The summed E-state index contributed by atoms with van der Waals surface area (Å²) in [5.41, 5.74) is -1.62. The molecule has 0 saturated heterocycles. The number of halogens is 6. The summed E-state index contributed by atoms with van der Waals surface area (Å²) in [6.45, 7) is 3.18. The van der Waals surface area contributed by atoms with Crippen LogP contribution in [-0.4, -0.2) is 52.2 Å². The van der Waals surface area contributed by atoms with Crippen molar-refractivity contribution < 1.29 is 45.6 Å². The quantitative estimate of drug-likeness (QED) is 0.337. The molecule has 0 amide bonds. The molecule has 0 aliphatic heterocycles. The summed E-state index contributed by atoms with van der Waals surface area (Å²) in [5.74, 6) is 0. The molecule has 0 aromatic rings. The van der Waals surface area contributed by atoms with Gasteiger partial charge in [-0.15, -0.1) is 0 Å². The van der Waals surface area contributed by atoms with Crippen LogP contribution in [-0.2, 0) is 4.57 Å². The Balaban J connectivity index is 0. The number of rotatable bonds is 7. The summed E-state index contributed by atoms with van der Waals surface area (Å²) in [6, 6.07) is -0.356. The zero-order valence-corrected chi connectivity index (χ0v) is 14.3. The van der Waals surface area contributed by atoms with Crippen molar-refractivity contribution in [2.75, 3.05) is 13.6 Å². The highest BCUT2D eigenvalue weighted by atomic mass is 31.2. The first-order chi connectivity index (χ1) is 10.4. The highest BCUT2D eigenvalue weighted by Crippen LogP contribution is 2.34. The van der Waals surface area contributed by atoms with Crippen LogP contribution in [0.25, 0.3) is 0 Å². The summed E-state index contributed by atoms with van der Waals surface area (Å²) in [6.07, 6.45) is -12.1. The van der Waals surface area contributed by atoms with Gasteiger partial charge in [-0.05, 0) is 27.3 Å². The molecule has 0 saturated carbocycles. The van der Waals surface area contributed by atoms with Crippen LogP contribution in [0.2, 0.25) is 0 Å². The molecule has 13 heteroatoms. The third kappa shape index (κ3) is 21.6. The van der Waals surface area contributed by atoms with E-state index in [4.69, 9.17) is 19.2 Å². The van der Waals surface area contributed by atoms with Gasteiger partial charge >= 0.3 is 20.2 Å². The maximum atomic E-state index is 12.5. The number of hydrogen-bond donors (Lipinski definition) is 5. The third-order valence-corrected chi connectivity index (χ3v) is 2.66. The fourth-order valence-electron chi connectivity index (χ4n) is 2.02. The Labute approximate surface area is 135 Å². The van der Waals surface area contributed by atoms with E-state index in [2.05, 4.69) is 10.6 Å². The van der Waals surface area contributed by atoms with Crippen molar-refractivity contribution in [3.8, 4) is 0 Å². The van der Waals surface area contributed by atoms with Gasteiger partial charge in [-0.2, -0.15) is 26.3 Å². The van der Waals surface area contributed by atoms with E-state index in [1.807, 2.05) is 0 Å². The van der Waals surface area contributed by atoms with Crippen molar-refractivity contribution in [3.05, 3.63) is 0 Å². The molecule has 0 rings (SSSR count). The van der Waals surface area contributed by atoms with E-state index in [0.717, 1.165) is 0 Å². The molecule has 24 heavy (non-hydrogen) atoms. The van der Waals surface area contributed by atoms with Gasteiger partial charge in [0.15, 0.2) is 0 Å². The Kier molecular flexibility index (Phi) is 10.7. The second-order valence-electron chi connectivity index (χ2n) is 5.58. The van der Waals surface area contributed by atoms with Gasteiger partial charge in [0.1, 0.15) is 0 Å². The van der Waals surface area contributed by atoms with Crippen molar-refractivity contribution in [3.63, 3.8) is 0 Å². The summed E-state index contributed by atoms with van der Waals surface area (Å²) >= 11 is 0. The lowest BCUT2D eigenvalue weighted by molar-refractivity contribution is -0.162. The zero-order chi connectivity index (χ0) is 19.8. The van der Waals surface area contributed by atoms with Gasteiger partial charge < -0.3 is 25.3 Å². The van der Waals surface area contributed by atoms with E-state index < -0.39 is 45.0 Å². The predicted octanol–water partition coefficient (Wildman–Crippen LogP) is 2.31. The van der Waals surface area contributed by atoms with Crippen molar-refractivity contribution in [1.29, 1.82) is 0 Å². The number of phosphoric acid groups is 1. The molecule has 0 radical (unpaired) electrons. The Bertz CT molecular complexity index is 393. The van der Waals surface area contributed by atoms with Gasteiger partial charge in [-0.3, -0.25) is 0 Å². The highest BCUT2D eigenvalue weighted by Gasteiger charge is 2.42. The first-order valence-corrected chi connectivity index (χ1v) is 8.27. The van der Waals surface area contributed by atoms with Gasteiger partial charge in [-0.1, -0.05) is 0 Å². The van der Waals surface area contributed by atoms with Crippen molar-refractivity contribution in [2.24, 2.45) is 0 Å². The topological polar surface area (TPSA) is 102 Å². The molecule has 0 heterocycles. The summed E-state index contributed by atoms with van der Waals surface area (Å²) in [5, 5.41) is 5.40. The van der Waals surface area contributed by atoms with Crippen LogP contribution >= 0.6 is 7.82 Å². The van der Waals surface area contributed by atoms with E-state index in [0.29, 0.717) is 6.54 Å². The Morgan fingerprint density at radius 2 is 1.42 bits per heavy atom. The fraction of sp³-hybridized carbons (Fsp3) is 1.00. The van der Waals surface area contributed by atoms with Crippen LogP contribution in [0, 0.1) is 0 Å². The molecule has 2 unspecified atom stereocenters. The zero-order valence-electron chi connectivity index (χ0n) is 13.4. The van der Waals surface area contributed by atoms with E-state index in [1.165, 1.54) is 6.92 Å². The highest BCUT2D eigenvalue weighted by molar-refractivity contribution is 7.45. The monoisotopic (exact) mass is 392 g/mol. The molecule has 0 aliphatic carbocycles. The molecule has 0 aliphatic rings. The molecular weight excluding hydrogens is 369 g/mol. The summed E-state index contributed by atoms with van der Waals surface area (Å²) in [7, 11) is -3.02. The Hall–Kier alpha value is -0.390. The smallest absolute Gasteiger partial charge is 0.318 e. The summed E-state index contributed by atoms with van der Waals surface area (Å²) in [4.78, 5) is 21.6. The lowest BCUT2D eigenvalue weighted by Crippen LogP contribution is -2.52. The largest absolute Gasteiger partial charge is 0.466 e. The van der Waals surface area contributed by atoms with E-state index in [1.54, 1.807) is 14.0 Å². The first kappa shape index (κ1) is 25.8.